The zero-order valence-electron chi connectivity index (χ0n) is 10.2. The number of hydrogen-bond donors (Lipinski definition) is 1. The van der Waals surface area contributed by atoms with Gasteiger partial charge in [-0.25, -0.2) is 4.39 Å². The Bertz CT molecular complexity index is 420. The number of carbonyl (C=O) groups excluding carboxylic acids is 2. The highest BCUT2D eigenvalue weighted by Gasteiger charge is 2.04. The lowest BCUT2D eigenvalue weighted by Gasteiger charge is -2.04. The summed E-state index contributed by atoms with van der Waals surface area (Å²) < 4.78 is 17.3. The summed E-state index contributed by atoms with van der Waals surface area (Å²) in [6, 6.07) is 6.15. The lowest BCUT2D eigenvalue weighted by molar-refractivity contribution is -0.140. The van der Waals surface area contributed by atoms with E-state index in [1.165, 1.54) is 19.2 Å². The molecule has 0 fully saturated rings. The summed E-state index contributed by atoms with van der Waals surface area (Å²) in [6.45, 7) is 0.259. The van der Waals surface area contributed by atoms with Gasteiger partial charge in [0.05, 0.1) is 13.5 Å². The monoisotopic (exact) mass is 253 g/mol. The minimum atomic E-state index is -0.361. The molecule has 1 amide bonds. The van der Waals surface area contributed by atoms with Gasteiger partial charge in [0, 0.05) is 13.0 Å². The highest BCUT2D eigenvalue weighted by atomic mass is 19.1. The summed E-state index contributed by atoms with van der Waals surface area (Å²) in [5.74, 6) is -0.831. The first-order chi connectivity index (χ1) is 8.61. The average molecular weight is 253 g/mol. The number of aryl methyl sites for hydroxylation is 1. The van der Waals surface area contributed by atoms with Crippen molar-refractivity contribution in [3.8, 4) is 0 Å². The number of carbonyl (C=O) groups is 2. The van der Waals surface area contributed by atoms with Gasteiger partial charge in [-0.3, -0.25) is 9.59 Å². The van der Waals surface area contributed by atoms with Gasteiger partial charge in [-0.2, -0.15) is 0 Å². The van der Waals surface area contributed by atoms with E-state index in [-0.39, 0.29) is 37.1 Å². The smallest absolute Gasteiger partial charge is 0.307 e. The summed E-state index contributed by atoms with van der Waals surface area (Å²) in [5.41, 5.74) is 0.776. The first-order valence-corrected chi connectivity index (χ1v) is 5.70. The van der Waals surface area contributed by atoms with Crippen LogP contribution in [0.5, 0.6) is 0 Å². The largest absolute Gasteiger partial charge is 0.469 e. The first-order valence-electron chi connectivity index (χ1n) is 5.70. The second-order valence-corrected chi connectivity index (χ2v) is 3.81. The molecule has 1 N–H and O–H groups in total. The molecule has 0 saturated heterocycles. The molecular formula is C13H16FNO3. The Morgan fingerprint density at radius 1 is 1.33 bits per heavy atom. The molecular weight excluding hydrogens is 237 g/mol. The van der Waals surface area contributed by atoms with Crippen molar-refractivity contribution >= 4 is 11.9 Å². The fourth-order valence-corrected chi connectivity index (χ4v) is 1.44. The van der Waals surface area contributed by atoms with Crippen LogP contribution in [-0.4, -0.2) is 25.5 Å². The first kappa shape index (κ1) is 14.2. The summed E-state index contributed by atoms with van der Waals surface area (Å²) in [4.78, 5) is 22.2. The Labute approximate surface area is 105 Å². The number of benzene rings is 1. The van der Waals surface area contributed by atoms with Gasteiger partial charge in [0.25, 0.3) is 0 Å². The third kappa shape index (κ3) is 5.43. The van der Waals surface area contributed by atoms with Crippen LogP contribution in [-0.2, 0) is 20.7 Å². The maximum Gasteiger partial charge on any atom is 0.307 e. The van der Waals surface area contributed by atoms with E-state index in [0.717, 1.165) is 5.56 Å². The third-order valence-electron chi connectivity index (χ3n) is 2.41. The quantitative estimate of drug-likeness (QED) is 0.780. The van der Waals surface area contributed by atoms with E-state index in [1.54, 1.807) is 12.1 Å². The van der Waals surface area contributed by atoms with Crippen molar-refractivity contribution < 1.29 is 18.7 Å². The molecule has 1 aromatic rings. The molecule has 18 heavy (non-hydrogen) atoms. The minimum Gasteiger partial charge on any atom is -0.469 e. The molecule has 0 aliphatic carbocycles. The van der Waals surface area contributed by atoms with Crippen molar-refractivity contribution in [3.63, 3.8) is 0 Å². The molecule has 5 heteroatoms. The van der Waals surface area contributed by atoms with Gasteiger partial charge in [-0.1, -0.05) is 12.1 Å². The van der Waals surface area contributed by atoms with E-state index >= 15 is 0 Å². The van der Waals surface area contributed by atoms with Gasteiger partial charge >= 0.3 is 5.97 Å². The van der Waals surface area contributed by atoms with Gasteiger partial charge < -0.3 is 10.1 Å². The van der Waals surface area contributed by atoms with E-state index in [1.807, 2.05) is 0 Å². The summed E-state index contributed by atoms with van der Waals surface area (Å²) >= 11 is 0. The fourth-order valence-electron chi connectivity index (χ4n) is 1.44. The number of rotatable bonds is 6. The zero-order valence-corrected chi connectivity index (χ0v) is 10.2. The Kier molecular flexibility index (Phi) is 5.84. The highest BCUT2D eigenvalue weighted by molar-refractivity contribution is 5.77. The van der Waals surface area contributed by atoms with Crippen LogP contribution in [0, 0.1) is 5.82 Å². The molecule has 0 atom stereocenters. The van der Waals surface area contributed by atoms with Crippen LogP contribution in [0.4, 0.5) is 4.39 Å². The van der Waals surface area contributed by atoms with E-state index < -0.39 is 0 Å². The summed E-state index contributed by atoms with van der Waals surface area (Å²) in [6.07, 6.45) is 0.897. The van der Waals surface area contributed by atoms with Crippen LogP contribution in [0.1, 0.15) is 18.4 Å². The van der Waals surface area contributed by atoms with Crippen molar-refractivity contribution in [2.75, 3.05) is 13.7 Å². The predicted molar refractivity (Wildman–Crippen MR) is 64.4 cm³/mol. The minimum absolute atomic E-state index is 0.155. The molecule has 0 saturated carbocycles. The number of amides is 1. The standard InChI is InChI=1S/C13H16FNO3/c1-18-13(17)7-8-15-12(16)6-5-10-3-2-4-11(14)9-10/h2-4,9H,5-8H2,1H3,(H,15,16). The average Bonchev–Trinajstić information content (AvgIpc) is 2.36. The van der Waals surface area contributed by atoms with Crippen molar-refractivity contribution in [2.45, 2.75) is 19.3 Å². The van der Waals surface area contributed by atoms with Crippen molar-refractivity contribution in [3.05, 3.63) is 35.6 Å². The van der Waals surface area contributed by atoms with Crippen LogP contribution in [0.3, 0.4) is 0 Å². The number of nitrogens with one attached hydrogen (secondary N) is 1. The van der Waals surface area contributed by atoms with Crippen LogP contribution < -0.4 is 5.32 Å². The second kappa shape index (κ2) is 7.42. The summed E-state index contributed by atoms with van der Waals surface area (Å²) in [5, 5.41) is 2.60. The van der Waals surface area contributed by atoms with Crippen molar-refractivity contribution in [2.24, 2.45) is 0 Å². The van der Waals surface area contributed by atoms with Crippen LogP contribution in [0.2, 0.25) is 0 Å². The molecule has 4 nitrogen and oxygen atoms in total. The number of hydrogen-bond acceptors (Lipinski definition) is 3. The molecule has 1 aromatic carbocycles. The molecule has 0 aliphatic heterocycles. The molecule has 0 aromatic heterocycles. The SMILES string of the molecule is COC(=O)CCNC(=O)CCc1cccc(F)c1. The maximum atomic E-state index is 12.9. The van der Waals surface area contributed by atoms with Gasteiger partial charge in [0.2, 0.25) is 5.91 Å². The van der Waals surface area contributed by atoms with Gasteiger partial charge in [-0.05, 0) is 24.1 Å². The number of halogens is 1. The van der Waals surface area contributed by atoms with Crippen LogP contribution in [0.25, 0.3) is 0 Å². The third-order valence-corrected chi connectivity index (χ3v) is 2.41. The van der Waals surface area contributed by atoms with Crippen LogP contribution in [0.15, 0.2) is 24.3 Å². The predicted octanol–water partition coefficient (Wildman–Crippen LogP) is 1.44. The number of methoxy groups -OCH3 is 1. The summed E-state index contributed by atoms with van der Waals surface area (Å²) in [7, 11) is 1.30. The maximum absolute atomic E-state index is 12.9. The molecule has 0 spiro atoms. The lowest BCUT2D eigenvalue weighted by Crippen LogP contribution is -2.26. The molecule has 0 bridgehead atoms. The molecule has 0 unspecified atom stereocenters. The van der Waals surface area contributed by atoms with Gasteiger partial charge in [0.1, 0.15) is 5.82 Å². The normalized spacial score (nSPS) is 9.89. The topological polar surface area (TPSA) is 55.4 Å². The van der Waals surface area contributed by atoms with Gasteiger partial charge in [-0.15, -0.1) is 0 Å². The molecule has 98 valence electrons. The van der Waals surface area contributed by atoms with Crippen molar-refractivity contribution in [1.29, 1.82) is 0 Å². The zero-order chi connectivity index (χ0) is 13.4. The van der Waals surface area contributed by atoms with E-state index in [9.17, 15) is 14.0 Å². The Hall–Kier alpha value is -1.91. The van der Waals surface area contributed by atoms with E-state index in [2.05, 4.69) is 10.1 Å². The molecule has 0 heterocycles. The molecule has 0 aliphatic rings. The van der Waals surface area contributed by atoms with Crippen LogP contribution >= 0.6 is 0 Å². The number of esters is 1. The highest BCUT2D eigenvalue weighted by Crippen LogP contribution is 2.05. The van der Waals surface area contributed by atoms with Crippen molar-refractivity contribution in [1.82, 2.24) is 5.32 Å². The Morgan fingerprint density at radius 3 is 2.78 bits per heavy atom. The fraction of sp³-hybridized carbons (Fsp3) is 0.385. The number of ether oxygens (including phenoxy) is 1. The van der Waals surface area contributed by atoms with E-state index in [0.29, 0.717) is 6.42 Å². The van der Waals surface area contributed by atoms with Gasteiger partial charge in [0.15, 0.2) is 0 Å². The Morgan fingerprint density at radius 2 is 2.11 bits per heavy atom. The molecule has 1 rings (SSSR count). The van der Waals surface area contributed by atoms with E-state index in [4.69, 9.17) is 0 Å². The second-order valence-electron chi connectivity index (χ2n) is 3.81. The lowest BCUT2D eigenvalue weighted by atomic mass is 10.1. The Balaban J connectivity index is 2.23. The molecule has 0 radical (unpaired) electrons.